The van der Waals surface area contributed by atoms with Gasteiger partial charge >= 0.3 is 0 Å². The smallest absolute Gasteiger partial charge is 0.108 e. The highest BCUT2D eigenvalue weighted by atomic mass is 15.1. The zero-order valence-electron chi connectivity index (χ0n) is 10.1. The standard InChI is InChI=1S/C12H23N3/c1-4-6-15-7-5-14-12(15)9-10(2)8-11(3)13/h5,7,10-11H,4,6,8-9,13H2,1-3H3. The fraction of sp³-hybridized carbons (Fsp3) is 0.750. The van der Waals surface area contributed by atoms with Crippen LogP contribution in [0.2, 0.25) is 0 Å². The summed E-state index contributed by atoms with van der Waals surface area (Å²) in [7, 11) is 0. The van der Waals surface area contributed by atoms with Crippen LogP contribution in [0.1, 0.15) is 39.4 Å². The molecule has 2 unspecified atom stereocenters. The summed E-state index contributed by atoms with van der Waals surface area (Å²) in [5.41, 5.74) is 5.79. The van der Waals surface area contributed by atoms with Crippen LogP contribution in [0.15, 0.2) is 12.4 Å². The van der Waals surface area contributed by atoms with E-state index >= 15 is 0 Å². The molecular weight excluding hydrogens is 186 g/mol. The lowest BCUT2D eigenvalue weighted by Gasteiger charge is -2.14. The number of aromatic nitrogens is 2. The van der Waals surface area contributed by atoms with Gasteiger partial charge in [-0.15, -0.1) is 0 Å². The minimum absolute atomic E-state index is 0.287. The van der Waals surface area contributed by atoms with Crippen LogP contribution in [0.25, 0.3) is 0 Å². The second kappa shape index (κ2) is 5.91. The molecule has 0 radical (unpaired) electrons. The fourth-order valence-electron chi connectivity index (χ4n) is 2.00. The van der Waals surface area contributed by atoms with Gasteiger partial charge in [0.25, 0.3) is 0 Å². The largest absolute Gasteiger partial charge is 0.335 e. The first-order chi connectivity index (χ1) is 7.13. The van der Waals surface area contributed by atoms with Crippen LogP contribution in [-0.4, -0.2) is 15.6 Å². The molecule has 15 heavy (non-hydrogen) atoms. The van der Waals surface area contributed by atoms with Gasteiger partial charge in [-0.1, -0.05) is 13.8 Å². The molecule has 0 fully saturated rings. The first-order valence-corrected chi connectivity index (χ1v) is 5.89. The van der Waals surface area contributed by atoms with Gasteiger partial charge < -0.3 is 10.3 Å². The van der Waals surface area contributed by atoms with E-state index in [0.29, 0.717) is 5.92 Å². The van der Waals surface area contributed by atoms with Crippen molar-refractivity contribution < 1.29 is 0 Å². The van der Waals surface area contributed by atoms with Crippen LogP contribution < -0.4 is 5.73 Å². The van der Waals surface area contributed by atoms with Crippen LogP contribution in [-0.2, 0) is 13.0 Å². The summed E-state index contributed by atoms with van der Waals surface area (Å²) >= 11 is 0. The summed E-state index contributed by atoms with van der Waals surface area (Å²) in [4.78, 5) is 4.40. The number of aryl methyl sites for hydroxylation is 1. The molecule has 1 aromatic rings. The van der Waals surface area contributed by atoms with Gasteiger partial charge in [-0.2, -0.15) is 0 Å². The van der Waals surface area contributed by atoms with Crippen molar-refractivity contribution in [1.82, 2.24) is 9.55 Å². The number of rotatable bonds is 6. The van der Waals surface area contributed by atoms with Crippen LogP contribution in [0.3, 0.4) is 0 Å². The topological polar surface area (TPSA) is 43.8 Å². The number of nitrogens with zero attached hydrogens (tertiary/aromatic N) is 2. The molecule has 0 amide bonds. The van der Waals surface area contributed by atoms with Crippen molar-refractivity contribution in [2.45, 2.75) is 52.6 Å². The van der Waals surface area contributed by atoms with Gasteiger partial charge in [0.15, 0.2) is 0 Å². The average Bonchev–Trinajstić information content (AvgIpc) is 2.52. The molecule has 1 rings (SSSR count). The van der Waals surface area contributed by atoms with E-state index in [9.17, 15) is 0 Å². The summed E-state index contributed by atoms with van der Waals surface area (Å²) in [5.74, 6) is 1.81. The number of imidazole rings is 1. The Labute approximate surface area is 92.7 Å². The molecule has 3 heteroatoms. The molecule has 1 aromatic heterocycles. The summed E-state index contributed by atoms with van der Waals surface area (Å²) in [5, 5.41) is 0. The van der Waals surface area contributed by atoms with Crippen molar-refractivity contribution >= 4 is 0 Å². The van der Waals surface area contributed by atoms with Gasteiger partial charge in [0.1, 0.15) is 5.82 Å². The molecule has 1 heterocycles. The fourth-order valence-corrected chi connectivity index (χ4v) is 2.00. The van der Waals surface area contributed by atoms with Crippen LogP contribution >= 0.6 is 0 Å². The van der Waals surface area contributed by atoms with E-state index in [1.807, 2.05) is 6.20 Å². The average molecular weight is 209 g/mol. The second-order valence-corrected chi connectivity index (χ2v) is 4.56. The monoisotopic (exact) mass is 209 g/mol. The quantitative estimate of drug-likeness (QED) is 0.780. The highest BCUT2D eigenvalue weighted by Gasteiger charge is 2.10. The van der Waals surface area contributed by atoms with Crippen molar-refractivity contribution in [2.24, 2.45) is 11.7 Å². The number of hydrogen-bond donors (Lipinski definition) is 1. The first-order valence-electron chi connectivity index (χ1n) is 5.89. The maximum Gasteiger partial charge on any atom is 0.108 e. The van der Waals surface area contributed by atoms with Crippen molar-refractivity contribution in [2.75, 3.05) is 0 Å². The summed E-state index contributed by atoms with van der Waals surface area (Å²) in [6.07, 6.45) is 7.22. The minimum Gasteiger partial charge on any atom is -0.335 e. The second-order valence-electron chi connectivity index (χ2n) is 4.56. The van der Waals surface area contributed by atoms with Crippen LogP contribution in [0.5, 0.6) is 0 Å². The lowest BCUT2D eigenvalue weighted by molar-refractivity contribution is 0.459. The van der Waals surface area contributed by atoms with Crippen molar-refractivity contribution in [1.29, 1.82) is 0 Å². The molecular formula is C12H23N3. The Morgan fingerprint density at radius 2 is 2.20 bits per heavy atom. The summed E-state index contributed by atoms with van der Waals surface area (Å²) < 4.78 is 2.25. The molecule has 86 valence electrons. The van der Waals surface area contributed by atoms with Gasteiger partial charge in [-0.25, -0.2) is 4.98 Å². The Morgan fingerprint density at radius 3 is 2.80 bits per heavy atom. The zero-order chi connectivity index (χ0) is 11.3. The molecule has 0 bridgehead atoms. The van der Waals surface area contributed by atoms with Gasteiger partial charge in [0.05, 0.1) is 0 Å². The van der Waals surface area contributed by atoms with E-state index in [1.165, 1.54) is 5.82 Å². The van der Waals surface area contributed by atoms with E-state index < -0.39 is 0 Å². The SMILES string of the molecule is CCCn1ccnc1CC(C)CC(C)N. The Hall–Kier alpha value is -0.830. The summed E-state index contributed by atoms with van der Waals surface area (Å²) in [6.45, 7) is 7.57. The van der Waals surface area contributed by atoms with Crippen molar-refractivity contribution in [3.05, 3.63) is 18.2 Å². The summed E-state index contributed by atoms with van der Waals surface area (Å²) in [6, 6.07) is 0.287. The number of hydrogen-bond acceptors (Lipinski definition) is 2. The predicted molar refractivity (Wildman–Crippen MR) is 63.7 cm³/mol. The van der Waals surface area contributed by atoms with Crippen molar-refractivity contribution in [3.8, 4) is 0 Å². The Morgan fingerprint density at radius 1 is 1.47 bits per heavy atom. The third kappa shape index (κ3) is 4.04. The van der Waals surface area contributed by atoms with Crippen molar-refractivity contribution in [3.63, 3.8) is 0 Å². The molecule has 0 aliphatic rings. The van der Waals surface area contributed by atoms with E-state index in [4.69, 9.17) is 5.73 Å². The van der Waals surface area contributed by atoms with E-state index in [2.05, 4.69) is 36.5 Å². The van der Waals surface area contributed by atoms with Gasteiger partial charge in [-0.3, -0.25) is 0 Å². The molecule has 0 saturated carbocycles. The van der Waals surface area contributed by atoms with Gasteiger partial charge in [0.2, 0.25) is 0 Å². The van der Waals surface area contributed by atoms with E-state index in [-0.39, 0.29) is 6.04 Å². The van der Waals surface area contributed by atoms with E-state index in [1.54, 1.807) is 0 Å². The Kier molecular flexibility index (Phi) is 4.82. The molecule has 0 aromatic carbocycles. The normalized spacial score (nSPS) is 15.2. The maximum atomic E-state index is 5.79. The van der Waals surface area contributed by atoms with Gasteiger partial charge in [-0.05, 0) is 25.7 Å². The first kappa shape index (κ1) is 12.2. The molecule has 0 aliphatic heterocycles. The molecule has 0 spiro atoms. The minimum atomic E-state index is 0.287. The number of nitrogens with two attached hydrogens (primary N) is 1. The third-order valence-electron chi connectivity index (χ3n) is 2.57. The van der Waals surface area contributed by atoms with Crippen LogP contribution in [0, 0.1) is 5.92 Å². The van der Waals surface area contributed by atoms with Crippen LogP contribution in [0.4, 0.5) is 0 Å². The maximum absolute atomic E-state index is 5.79. The van der Waals surface area contributed by atoms with E-state index in [0.717, 1.165) is 25.8 Å². The lowest BCUT2D eigenvalue weighted by atomic mass is 9.99. The highest BCUT2D eigenvalue weighted by Crippen LogP contribution is 2.12. The third-order valence-corrected chi connectivity index (χ3v) is 2.57. The molecule has 3 nitrogen and oxygen atoms in total. The molecule has 2 atom stereocenters. The molecule has 2 N–H and O–H groups in total. The Balaban J connectivity index is 2.51. The lowest BCUT2D eigenvalue weighted by Crippen LogP contribution is -2.20. The predicted octanol–water partition coefficient (Wildman–Crippen LogP) is 2.21. The molecule has 0 aliphatic carbocycles. The Bertz CT molecular complexity index is 278. The zero-order valence-corrected chi connectivity index (χ0v) is 10.1. The highest BCUT2D eigenvalue weighted by molar-refractivity contribution is 4.93. The molecule has 0 saturated heterocycles. The van der Waals surface area contributed by atoms with Gasteiger partial charge in [0, 0.05) is 31.4 Å².